The molecule has 0 spiro atoms. The lowest BCUT2D eigenvalue weighted by molar-refractivity contribution is -0.114. The highest BCUT2D eigenvalue weighted by atomic mass is 32.2. The summed E-state index contributed by atoms with van der Waals surface area (Å²) in [5.41, 5.74) is 0.279. The third-order valence-corrected chi connectivity index (χ3v) is 9.79. The molecule has 1 heterocycles. The molecule has 0 aromatic heterocycles. The fourth-order valence-corrected chi connectivity index (χ4v) is 7.19. The van der Waals surface area contributed by atoms with Crippen molar-refractivity contribution in [2.45, 2.75) is 22.6 Å². The zero-order valence-electron chi connectivity index (χ0n) is 21.0. The summed E-state index contributed by atoms with van der Waals surface area (Å²) in [6, 6.07) is 18.4. The van der Waals surface area contributed by atoms with Crippen LogP contribution < -0.4 is 19.1 Å². The van der Waals surface area contributed by atoms with Crippen LogP contribution in [0.25, 0.3) is 0 Å². The maximum absolute atomic E-state index is 13.6. The lowest BCUT2D eigenvalue weighted by atomic mass is 10.2. The molecule has 10 nitrogen and oxygen atoms in total. The van der Waals surface area contributed by atoms with Crippen molar-refractivity contribution in [2.24, 2.45) is 0 Å². The fraction of sp³-hybridized carbons (Fsp3) is 0.269. The van der Waals surface area contributed by atoms with Gasteiger partial charge in [0.1, 0.15) is 18.0 Å². The fourth-order valence-electron chi connectivity index (χ4n) is 4.20. The van der Waals surface area contributed by atoms with Gasteiger partial charge in [0, 0.05) is 13.1 Å². The Balaban J connectivity index is 1.68. The van der Waals surface area contributed by atoms with E-state index in [-0.39, 0.29) is 32.7 Å². The summed E-state index contributed by atoms with van der Waals surface area (Å²) >= 11 is 0. The largest absolute Gasteiger partial charge is 0.495 e. The van der Waals surface area contributed by atoms with Gasteiger partial charge in [-0.2, -0.15) is 4.31 Å². The molecule has 1 aliphatic heterocycles. The molecule has 4 rings (SSSR count). The van der Waals surface area contributed by atoms with Gasteiger partial charge < -0.3 is 14.8 Å². The zero-order chi connectivity index (χ0) is 27.3. The summed E-state index contributed by atoms with van der Waals surface area (Å²) in [5.74, 6) is -0.214. The number of sulfonamides is 2. The molecule has 1 aliphatic rings. The second kappa shape index (κ2) is 11.4. The molecule has 202 valence electrons. The number of carbonyl (C=O) groups excluding carboxylic acids is 1. The first-order valence-corrected chi connectivity index (χ1v) is 14.8. The highest BCUT2D eigenvalue weighted by Crippen LogP contribution is 2.33. The van der Waals surface area contributed by atoms with Crippen molar-refractivity contribution in [3.8, 4) is 11.5 Å². The number of nitrogens with zero attached hydrogens (tertiary/aromatic N) is 2. The molecule has 1 amide bonds. The number of hydrogen-bond donors (Lipinski definition) is 1. The maximum atomic E-state index is 13.6. The van der Waals surface area contributed by atoms with Crippen LogP contribution >= 0.6 is 0 Å². The summed E-state index contributed by atoms with van der Waals surface area (Å²) in [5, 5.41) is 2.63. The Morgan fingerprint density at radius 2 is 1.47 bits per heavy atom. The van der Waals surface area contributed by atoms with E-state index in [1.165, 1.54) is 54.9 Å². The van der Waals surface area contributed by atoms with Crippen LogP contribution in [0.4, 0.5) is 11.4 Å². The van der Waals surface area contributed by atoms with Crippen molar-refractivity contribution in [1.29, 1.82) is 0 Å². The number of amides is 1. The van der Waals surface area contributed by atoms with E-state index in [0.717, 1.165) is 17.1 Å². The third kappa shape index (κ3) is 5.62. The molecule has 1 N–H and O–H groups in total. The molecule has 0 saturated carbocycles. The van der Waals surface area contributed by atoms with Gasteiger partial charge in [-0.1, -0.05) is 30.3 Å². The van der Waals surface area contributed by atoms with E-state index in [1.807, 2.05) is 0 Å². The predicted molar refractivity (Wildman–Crippen MR) is 144 cm³/mol. The Morgan fingerprint density at radius 1 is 0.842 bits per heavy atom. The van der Waals surface area contributed by atoms with Gasteiger partial charge in [0.2, 0.25) is 15.9 Å². The van der Waals surface area contributed by atoms with Crippen molar-refractivity contribution in [1.82, 2.24) is 4.31 Å². The highest BCUT2D eigenvalue weighted by Gasteiger charge is 2.31. The minimum Gasteiger partial charge on any atom is -0.495 e. The number of para-hydroxylation sites is 2. The predicted octanol–water partition coefficient (Wildman–Crippen LogP) is 3.32. The Hall–Kier alpha value is -3.61. The SMILES string of the molecule is COc1ccc(S(=O)(=O)N2CCCC2)cc1NC(=O)CN(c1ccccc1OC)S(=O)(=O)c1ccccc1. The number of rotatable bonds is 10. The molecule has 0 unspecified atom stereocenters. The van der Waals surface area contributed by atoms with Gasteiger partial charge in [-0.3, -0.25) is 9.10 Å². The van der Waals surface area contributed by atoms with Crippen LogP contribution in [0.5, 0.6) is 11.5 Å². The first kappa shape index (κ1) is 27.4. The Morgan fingerprint density at radius 3 is 2.13 bits per heavy atom. The van der Waals surface area contributed by atoms with Gasteiger partial charge in [0.05, 0.1) is 35.4 Å². The van der Waals surface area contributed by atoms with Crippen LogP contribution in [-0.4, -0.2) is 60.9 Å². The molecule has 38 heavy (non-hydrogen) atoms. The number of hydrogen-bond acceptors (Lipinski definition) is 7. The van der Waals surface area contributed by atoms with Crippen LogP contribution in [0.15, 0.2) is 82.6 Å². The highest BCUT2D eigenvalue weighted by molar-refractivity contribution is 7.93. The topological polar surface area (TPSA) is 122 Å². The summed E-state index contributed by atoms with van der Waals surface area (Å²) in [6.45, 7) is 0.256. The average Bonchev–Trinajstić information content (AvgIpc) is 3.48. The van der Waals surface area contributed by atoms with Gasteiger partial charge in [0.25, 0.3) is 10.0 Å². The first-order chi connectivity index (χ1) is 18.2. The molecule has 0 radical (unpaired) electrons. The average molecular weight is 560 g/mol. The third-order valence-electron chi connectivity index (χ3n) is 6.12. The number of anilines is 2. The summed E-state index contributed by atoms with van der Waals surface area (Å²) in [4.78, 5) is 13.3. The second-order valence-corrected chi connectivity index (χ2v) is 12.3. The van der Waals surface area contributed by atoms with Crippen LogP contribution in [0.3, 0.4) is 0 Å². The Labute approximate surface area is 222 Å². The van der Waals surface area contributed by atoms with Crippen LogP contribution in [0.2, 0.25) is 0 Å². The van der Waals surface area contributed by atoms with Crippen LogP contribution in [0.1, 0.15) is 12.8 Å². The van der Waals surface area contributed by atoms with E-state index in [4.69, 9.17) is 9.47 Å². The number of benzene rings is 3. The summed E-state index contributed by atoms with van der Waals surface area (Å²) in [7, 11) is -5.13. The molecule has 0 bridgehead atoms. The summed E-state index contributed by atoms with van der Waals surface area (Å²) in [6.07, 6.45) is 1.57. The number of methoxy groups -OCH3 is 2. The standard InChI is InChI=1S/C26H29N3O7S2/c1-35-24-15-14-21(37(31,32)28-16-8-9-17-28)18-22(24)27-26(30)19-29(23-12-6-7-13-25(23)36-2)38(33,34)20-10-4-3-5-11-20/h3-7,10-15,18H,8-9,16-17,19H2,1-2H3,(H,27,30). The minimum atomic E-state index is -4.17. The molecule has 1 fully saturated rings. The quantitative estimate of drug-likeness (QED) is 0.404. The van der Waals surface area contributed by atoms with Gasteiger partial charge in [0.15, 0.2) is 0 Å². The Bertz CT molecular complexity index is 1500. The molecule has 3 aromatic rings. The second-order valence-electron chi connectivity index (χ2n) is 8.52. The normalized spacial score (nSPS) is 14.2. The maximum Gasteiger partial charge on any atom is 0.264 e. The molecule has 0 atom stereocenters. The van der Waals surface area contributed by atoms with Crippen molar-refractivity contribution in [2.75, 3.05) is 43.5 Å². The van der Waals surface area contributed by atoms with E-state index < -0.39 is 32.5 Å². The van der Waals surface area contributed by atoms with Crippen LogP contribution in [0, 0.1) is 0 Å². The molecule has 12 heteroatoms. The first-order valence-electron chi connectivity index (χ1n) is 11.9. The lowest BCUT2D eigenvalue weighted by Gasteiger charge is -2.26. The van der Waals surface area contributed by atoms with E-state index in [2.05, 4.69) is 5.32 Å². The molecule has 1 saturated heterocycles. The minimum absolute atomic E-state index is 0.00464. The molecule has 0 aliphatic carbocycles. The smallest absolute Gasteiger partial charge is 0.264 e. The van der Waals surface area contributed by atoms with Crippen molar-refractivity contribution in [3.05, 3.63) is 72.8 Å². The van der Waals surface area contributed by atoms with Crippen molar-refractivity contribution >= 4 is 37.3 Å². The monoisotopic (exact) mass is 559 g/mol. The van der Waals surface area contributed by atoms with E-state index in [9.17, 15) is 21.6 Å². The zero-order valence-corrected chi connectivity index (χ0v) is 22.7. The van der Waals surface area contributed by atoms with Crippen molar-refractivity contribution < 1.29 is 31.1 Å². The van der Waals surface area contributed by atoms with E-state index in [1.54, 1.807) is 36.4 Å². The van der Waals surface area contributed by atoms with Crippen LogP contribution in [-0.2, 0) is 24.8 Å². The number of carbonyl (C=O) groups is 1. The molecular weight excluding hydrogens is 530 g/mol. The van der Waals surface area contributed by atoms with E-state index >= 15 is 0 Å². The molecular formula is C26H29N3O7S2. The van der Waals surface area contributed by atoms with Gasteiger partial charge in [-0.15, -0.1) is 0 Å². The summed E-state index contributed by atoms with van der Waals surface area (Å²) < 4.78 is 66.4. The number of nitrogens with one attached hydrogen (secondary N) is 1. The Kier molecular flexibility index (Phi) is 8.24. The van der Waals surface area contributed by atoms with Gasteiger partial charge in [-0.25, -0.2) is 16.8 Å². The van der Waals surface area contributed by atoms with Crippen molar-refractivity contribution in [3.63, 3.8) is 0 Å². The molecule has 3 aromatic carbocycles. The van der Waals surface area contributed by atoms with E-state index in [0.29, 0.717) is 13.1 Å². The lowest BCUT2D eigenvalue weighted by Crippen LogP contribution is -2.38. The van der Waals surface area contributed by atoms with Gasteiger partial charge >= 0.3 is 0 Å². The van der Waals surface area contributed by atoms with Gasteiger partial charge in [-0.05, 0) is 55.3 Å². The number of ether oxygens (including phenoxy) is 2.